The molecule has 1 unspecified atom stereocenters. The van der Waals surface area contributed by atoms with E-state index in [2.05, 4.69) is 6.92 Å². The minimum absolute atomic E-state index is 0.121. The Bertz CT molecular complexity index is 242. The summed E-state index contributed by atoms with van der Waals surface area (Å²) in [6, 6.07) is 0. The number of thioether (sulfide) groups is 1. The van der Waals surface area contributed by atoms with E-state index in [4.69, 9.17) is 4.74 Å². The van der Waals surface area contributed by atoms with Gasteiger partial charge in [0.2, 0.25) is 5.92 Å². The average molecular weight is 296 g/mol. The molecule has 114 valence electrons. The van der Waals surface area contributed by atoms with Gasteiger partial charge in [-0.3, -0.25) is 4.79 Å². The maximum atomic E-state index is 12.7. The molecule has 0 rings (SSSR count). The van der Waals surface area contributed by atoms with Crippen molar-refractivity contribution in [2.45, 2.75) is 70.5 Å². The fourth-order valence-electron chi connectivity index (χ4n) is 1.56. The van der Waals surface area contributed by atoms with Crippen molar-refractivity contribution in [3.63, 3.8) is 0 Å². The van der Waals surface area contributed by atoms with Crippen molar-refractivity contribution in [1.29, 1.82) is 0 Å². The zero-order valence-corrected chi connectivity index (χ0v) is 13.0. The molecular formula is C14H26F2O2S. The highest BCUT2D eigenvalue weighted by molar-refractivity contribution is 8.00. The summed E-state index contributed by atoms with van der Waals surface area (Å²) in [4.78, 5) is 11.8. The Kier molecular flexibility index (Phi) is 10.3. The zero-order chi connectivity index (χ0) is 14.7. The fraction of sp³-hybridized carbons (Fsp3) is 0.929. The van der Waals surface area contributed by atoms with Crippen LogP contribution in [0.5, 0.6) is 0 Å². The average Bonchev–Trinajstić information content (AvgIpc) is 2.33. The number of halogens is 2. The second kappa shape index (κ2) is 10.5. The summed E-state index contributed by atoms with van der Waals surface area (Å²) >= 11 is 1.45. The Hall–Kier alpha value is -0.320. The highest BCUT2D eigenvalue weighted by atomic mass is 32.2. The topological polar surface area (TPSA) is 26.3 Å². The van der Waals surface area contributed by atoms with Crippen molar-refractivity contribution in [3.05, 3.63) is 0 Å². The first-order valence-electron chi connectivity index (χ1n) is 7.06. The largest absolute Gasteiger partial charge is 0.465 e. The first kappa shape index (κ1) is 18.7. The molecule has 0 aliphatic rings. The minimum Gasteiger partial charge on any atom is -0.465 e. The number of hydrogen-bond acceptors (Lipinski definition) is 3. The molecule has 0 aromatic heterocycles. The third kappa shape index (κ3) is 11.2. The molecule has 0 aromatic carbocycles. The molecule has 5 heteroatoms. The van der Waals surface area contributed by atoms with Gasteiger partial charge in [-0.1, -0.05) is 26.7 Å². The monoisotopic (exact) mass is 296 g/mol. The maximum absolute atomic E-state index is 12.7. The molecule has 0 spiro atoms. The van der Waals surface area contributed by atoms with Gasteiger partial charge < -0.3 is 4.74 Å². The SMILES string of the molecule is CCCCC(SCCCC(C)(F)F)C(=O)OCCC. The van der Waals surface area contributed by atoms with Crippen molar-refractivity contribution < 1.29 is 18.3 Å². The molecule has 0 aliphatic carbocycles. The van der Waals surface area contributed by atoms with Crippen LogP contribution < -0.4 is 0 Å². The number of alkyl halides is 2. The molecule has 0 saturated carbocycles. The molecule has 1 atom stereocenters. The summed E-state index contributed by atoms with van der Waals surface area (Å²) in [6.07, 6.45) is 3.86. The van der Waals surface area contributed by atoms with E-state index in [1.54, 1.807) is 0 Å². The van der Waals surface area contributed by atoms with Crippen LogP contribution in [0.1, 0.15) is 59.3 Å². The second-order valence-electron chi connectivity index (χ2n) is 4.84. The van der Waals surface area contributed by atoms with Gasteiger partial charge in [-0.05, 0) is 31.9 Å². The van der Waals surface area contributed by atoms with Crippen LogP contribution in [0.3, 0.4) is 0 Å². The van der Waals surface area contributed by atoms with Crippen LogP contribution in [0.25, 0.3) is 0 Å². The van der Waals surface area contributed by atoms with Crippen LogP contribution >= 0.6 is 11.8 Å². The lowest BCUT2D eigenvalue weighted by atomic mass is 10.2. The van der Waals surface area contributed by atoms with Crippen LogP contribution in [-0.4, -0.2) is 29.5 Å². The molecule has 0 aliphatic heterocycles. The first-order chi connectivity index (χ1) is 8.90. The minimum atomic E-state index is -2.61. The predicted octanol–water partition coefficient (Wildman–Crippen LogP) is 4.67. The second-order valence-corrected chi connectivity index (χ2v) is 6.15. The summed E-state index contributed by atoms with van der Waals surface area (Å²) in [5.74, 6) is -2.22. The van der Waals surface area contributed by atoms with E-state index >= 15 is 0 Å². The molecule has 0 N–H and O–H groups in total. The van der Waals surface area contributed by atoms with Crippen LogP contribution in [0.15, 0.2) is 0 Å². The molecule has 0 amide bonds. The zero-order valence-electron chi connectivity index (χ0n) is 12.2. The van der Waals surface area contributed by atoms with Crippen LogP contribution in [0, 0.1) is 0 Å². The lowest BCUT2D eigenvalue weighted by Crippen LogP contribution is -2.21. The molecule has 0 aromatic rings. The smallest absolute Gasteiger partial charge is 0.319 e. The van der Waals surface area contributed by atoms with E-state index in [-0.39, 0.29) is 17.6 Å². The van der Waals surface area contributed by atoms with Gasteiger partial charge in [-0.2, -0.15) is 0 Å². The fourth-order valence-corrected chi connectivity index (χ4v) is 2.70. The third-order valence-electron chi connectivity index (χ3n) is 2.61. The van der Waals surface area contributed by atoms with Gasteiger partial charge in [0.05, 0.1) is 6.61 Å². The molecule has 0 saturated heterocycles. The number of esters is 1. The van der Waals surface area contributed by atoms with Crippen molar-refractivity contribution in [1.82, 2.24) is 0 Å². The lowest BCUT2D eigenvalue weighted by molar-refractivity contribution is -0.143. The highest BCUT2D eigenvalue weighted by Crippen LogP contribution is 2.24. The summed E-state index contributed by atoms with van der Waals surface area (Å²) in [5.41, 5.74) is 0. The summed E-state index contributed by atoms with van der Waals surface area (Å²) in [7, 11) is 0. The first-order valence-corrected chi connectivity index (χ1v) is 8.11. The van der Waals surface area contributed by atoms with Crippen molar-refractivity contribution in [3.8, 4) is 0 Å². The predicted molar refractivity (Wildman–Crippen MR) is 76.9 cm³/mol. The number of carbonyl (C=O) groups excluding carboxylic acids is 1. The van der Waals surface area contributed by atoms with Gasteiger partial charge in [0.1, 0.15) is 5.25 Å². The van der Waals surface area contributed by atoms with E-state index in [1.807, 2.05) is 6.92 Å². The van der Waals surface area contributed by atoms with Crippen molar-refractivity contribution >= 4 is 17.7 Å². The van der Waals surface area contributed by atoms with Crippen LogP contribution in [-0.2, 0) is 9.53 Å². The number of rotatable bonds is 11. The number of hydrogen-bond donors (Lipinski definition) is 0. The molecule has 0 radical (unpaired) electrons. The summed E-state index contributed by atoms with van der Waals surface area (Å²) in [6.45, 7) is 5.39. The molecule has 0 heterocycles. The van der Waals surface area contributed by atoms with E-state index in [0.29, 0.717) is 18.8 Å². The molecule has 0 bridgehead atoms. The van der Waals surface area contributed by atoms with E-state index in [0.717, 1.165) is 32.6 Å². The third-order valence-corrected chi connectivity index (χ3v) is 3.97. The standard InChI is InChI=1S/C14H26F2O2S/c1-4-6-8-12(13(17)18-10-5-2)19-11-7-9-14(3,15)16/h12H,4-11H2,1-3H3. The van der Waals surface area contributed by atoms with E-state index in [9.17, 15) is 13.6 Å². The summed E-state index contributed by atoms with van der Waals surface area (Å²) in [5, 5.41) is -0.197. The van der Waals surface area contributed by atoms with Gasteiger partial charge in [0.15, 0.2) is 0 Å². The van der Waals surface area contributed by atoms with Gasteiger partial charge in [-0.15, -0.1) is 11.8 Å². The van der Waals surface area contributed by atoms with E-state index in [1.165, 1.54) is 11.8 Å². The molecule has 19 heavy (non-hydrogen) atoms. The Morgan fingerprint density at radius 3 is 2.47 bits per heavy atom. The lowest BCUT2D eigenvalue weighted by Gasteiger charge is -2.16. The molecule has 2 nitrogen and oxygen atoms in total. The number of carbonyl (C=O) groups is 1. The highest BCUT2D eigenvalue weighted by Gasteiger charge is 2.22. The summed E-state index contributed by atoms with van der Waals surface area (Å²) < 4.78 is 30.5. The Morgan fingerprint density at radius 2 is 1.95 bits per heavy atom. The van der Waals surface area contributed by atoms with Crippen LogP contribution in [0.4, 0.5) is 8.78 Å². The van der Waals surface area contributed by atoms with Gasteiger partial charge in [0.25, 0.3) is 0 Å². The molecular weight excluding hydrogens is 270 g/mol. The van der Waals surface area contributed by atoms with E-state index < -0.39 is 5.92 Å². The Balaban J connectivity index is 4.01. The molecule has 0 fully saturated rings. The Labute approximate surface area is 119 Å². The quantitative estimate of drug-likeness (QED) is 0.409. The van der Waals surface area contributed by atoms with Gasteiger partial charge in [0, 0.05) is 6.42 Å². The van der Waals surface area contributed by atoms with Gasteiger partial charge >= 0.3 is 5.97 Å². The number of ether oxygens (including phenoxy) is 1. The number of unbranched alkanes of at least 4 members (excludes halogenated alkanes) is 1. The van der Waals surface area contributed by atoms with Crippen molar-refractivity contribution in [2.75, 3.05) is 12.4 Å². The normalized spacial score (nSPS) is 13.3. The van der Waals surface area contributed by atoms with Crippen LogP contribution in [0.2, 0.25) is 0 Å². The van der Waals surface area contributed by atoms with Gasteiger partial charge in [-0.25, -0.2) is 8.78 Å². The Morgan fingerprint density at radius 1 is 1.26 bits per heavy atom. The maximum Gasteiger partial charge on any atom is 0.319 e. The van der Waals surface area contributed by atoms with Crippen molar-refractivity contribution in [2.24, 2.45) is 0 Å².